The summed E-state index contributed by atoms with van der Waals surface area (Å²) in [5.41, 5.74) is -0.0438. The van der Waals surface area contributed by atoms with Gasteiger partial charge in [-0.05, 0) is 39.8 Å². The quantitative estimate of drug-likeness (QED) is 0.104. The van der Waals surface area contributed by atoms with E-state index in [1.54, 1.807) is 27.7 Å². The number of hydrogen-bond donors (Lipinski definition) is 0. The zero-order valence-corrected chi connectivity index (χ0v) is 20.9. The highest BCUT2D eigenvalue weighted by Gasteiger charge is 2.57. The summed E-state index contributed by atoms with van der Waals surface area (Å²) in [6.45, 7) is 6.68. The molecule has 0 aliphatic carbocycles. The highest BCUT2D eigenvalue weighted by Crippen LogP contribution is 2.40. The van der Waals surface area contributed by atoms with Gasteiger partial charge in [-0.1, -0.05) is 0 Å². The van der Waals surface area contributed by atoms with E-state index < -0.39 is 53.2 Å². The van der Waals surface area contributed by atoms with Gasteiger partial charge in [-0.3, -0.25) is 14.9 Å². The summed E-state index contributed by atoms with van der Waals surface area (Å²) in [5, 5.41) is 10.8. The van der Waals surface area contributed by atoms with Gasteiger partial charge < -0.3 is 33.2 Å². The number of nitrogens with zero attached hydrogens (tertiary/aromatic N) is 1. The third-order valence-electron chi connectivity index (χ3n) is 5.26. The van der Waals surface area contributed by atoms with Gasteiger partial charge >= 0.3 is 17.9 Å². The first-order chi connectivity index (χ1) is 17.5. The second-order valence-corrected chi connectivity index (χ2v) is 8.47. The number of esters is 3. The van der Waals surface area contributed by atoms with Crippen LogP contribution in [0.5, 0.6) is 0 Å². The van der Waals surface area contributed by atoms with E-state index in [2.05, 4.69) is 0 Å². The predicted octanol–water partition coefficient (Wildman–Crippen LogP) is 2.41. The molecule has 2 fully saturated rings. The molecule has 1 aromatic carbocycles. The van der Waals surface area contributed by atoms with E-state index in [1.165, 1.54) is 24.3 Å². The molecule has 2 aliphatic heterocycles. The maximum atomic E-state index is 12.5. The minimum Gasteiger partial charge on any atom is -0.466 e. The van der Waals surface area contributed by atoms with Crippen molar-refractivity contribution in [3.8, 4) is 0 Å². The van der Waals surface area contributed by atoms with Gasteiger partial charge in [-0.25, -0.2) is 9.59 Å². The molecule has 2 heterocycles. The summed E-state index contributed by atoms with van der Waals surface area (Å²) in [4.78, 5) is 46.8. The van der Waals surface area contributed by atoms with Crippen molar-refractivity contribution in [2.45, 2.75) is 64.5 Å². The number of carbonyl (C=O) groups excluding carboxylic acids is 3. The Hall–Kier alpha value is -3.55. The minimum atomic E-state index is -1.11. The number of non-ortho nitro benzene ring substituents is 1. The molecule has 202 valence electrons. The van der Waals surface area contributed by atoms with Crippen molar-refractivity contribution in [3.63, 3.8) is 0 Å². The Kier molecular flexibility index (Phi) is 9.18. The van der Waals surface area contributed by atoms with Crippen molar-refractivity contribution in [3.05, 3.63) is 51.8 Å². The van der Waals surface area contributed by atoms with Crippen LogP contribution in [-0.4, -0.2) is 73.0 Å². The first kappa shape index (κ1) is 28.0. The lowest BCUT2D eigenvalue weighted by Gasteiger charge is -2.25. The van der Waals surface area contributed by atoms with Gasteiger partial charge in [-0.15, -0.1) is 0 Å². The highest BCUT2D eigenvalue weighted by atomic mass is 16.8. The number of hydrogen-bond acceptors (Lipinski definition) is 12. The zero-order chi connectivity index (χ0) is 27.2. The summed E-state index contributed by atoms with van der Waals surface area (Å²) in [5.74, 6) is -3.12. The Morgan fingerprint density at radius 3 is 2.30 bits per heavy atom. The van der Waals surface area contributed by atoms with E-state index in [0.29, 0.717) is 0 Å². The fourth-order valence-corrected chi connectivity index (χ4v) is 3.78. The van der Waals surface area contributed by atoms with Crippen LogP contribution in [-0.2, 0) is 42.7 Å². The average molecular weight is 523 g/mol. The number of rotatable bonds is 11. The van der Waals surface area contributed by atoms with E-state index in [-0.39, 0.29) is 43.3 Å². The number of fused-ring (bicyclic) bond motifs is 1. The lowest BCUT2D eigenvalue weighted by atomic mass is 10.1. The molecule has 0 amide bonds. The smallest absolute Gasteiger partial charge is 0.338 e. The molecule has 2 saturated heterocycles. The largest absolute Gasteiger partial charge is 0.466 e. The molecule has 2 aliphatic rings. The summed E-state index contributed by atoms with van der Waals surface area (Å²) in [6, 6.07) is 4.95. The SMILES string of the molecule is CCOC(=O)C=C(CC(=O)OCC)O[C@H]1O[C@H](COC(=O)c2ccc([N+](=O)[O-])cc2)[C@H]2OC(C)(C)O[C@@H]12. The molecule has 0 radical (unpaired) electrons. The maximum absolute atomic E-state index is 12.5. The molecule has 1 aromatic rings. The third-order valence-corrected chi connectivity index (χ3v) is 5.26. The predicted molar refractivity (Wildman–Crippen MR) is 123 cm³/mol. The van der Waals surface area contributed by atoms with Gasteiger partial charge in [0, 0.05) is 12.1 Å². The topological polar surface area (TPSA) is 159 Å². The molecule has 0 unspecified atom stereocenters. The Labute approximate surface area is 212 Å². The number of nitro benzene ring substituents is 1. The first-order valence-electron chi connectivity index (χ1n) is 11.6. The van der Waals surface area contributed by atoms with Gasteiger partial charge in [0.25, 0.3) is 5.69 Å². The molecule has 0 spiro atoms. The van der Waals surface area contributed by atoms with Gasteiger partial charge in [0.05, 0.1) is 29.8 Å². The van der Waals surface area contributed by atoms with Crippen molar-refractivity contribution >= 4 is 23.6 Å². The normalized spacial score (nSPS) is 24.2. The lowest BCUT2D eigenvalue weighted by molar-refractivity contribution is -0.384. The van der Waals surface area contributed by atoms with Crippen molar-refractivity contribution in [1.82, 2.24) is 0 Å². The fourth-order valence-electron chi connectivity index (χ4n) is 3.78. The molecule has 4 atom stereocenters. The van der Waals surface area contributed by atoms with Crippen LogP contribution in [0.2, 0.25) is 0 Å². The van der Waals surface area contributed by atoms with E-state index >= 15 is 0 Å². The number of carbonyl (C=O) groups is 3. The van der Waals surface area contributed by atoms with E-state index in [1.807, 2.05) is 0 Å². The van der Waals surface area contributed by atoms with Crippen LogP contribution in [0.25, 0.3) is 0 Å². The molecular weight excluding hydrogens is 494 g/mol. The molecule has 0 bridgehead atoms. The van der Waals surface area contributed by atoms with Gasteiger partial charge in [0.15, 0.2) is 11.9 Å². The monoisotopic (exact) mass is 523 g/mol. The Bertz CT molecular complexity index is 1030. The number of benzene rings is 1. The van der Waals surface area contributed by atoms with Gasteiger partial charge in [0.1, 0.15) is 31.0 Å². The third kappa shape index (κ3) is 7.47. The fraction of sp³-hybridized carbons (Fsp3) is 0.542. The molecule has 37 heavy (non-hydrogen) atoms. The lowest BCUT2D eigenvalue weighted by Crippen LogP contribution is -2.33. The van der Waals surface area contributed by atoms with E-state index in [0.717, 1.165) is 6.08 Å². The van der Waals surface area contributed by atoms with Crippen LogP contribution >= 0.6 is 0 Å². The van der Waals surface area contributed by atoms with Crippen LogP contribution in [0.15, 0.2) is 36.1 Å². The second-order valence-electron chi connectivity index (χ2n) is 8.47. The highest BCUT2D eigenvalue weighted by molar-refractivity contribution is 5.89. The summed E-state index contributed by atoms with van der Waals surface area (Å²) < 4.78 is 38.8. The van der Waals surface area contributed by atoms with Crippen LogP contribution < -0.4 is 0 Å². The number of ether oxygens (including phenoxy) is 7. The maximum Gasteiger partial charge on any atom is 0.338 e. The van der Waals surface area contributed by atoms with Crippen LogP contribution in [0.4, 0.5) is 5.69 Å². The van der Waals surface area contributed by atoms with Gasteiger partial charge in [0.2, 0.25) is 6.29 Å². The van der Waals surface area contributed by atoms with Crippen molar-refractivity contribution < 1.29 is 52.5 Å². The summed E-state index contributed by atoms with van der Waals surface area (Å²) >= 11 is 0. The van der Waals surface area contributed by atoms with Gasteiger partial charge in [-0.2, -0.15) is 0 Å². The molecule has 3 rings (SSSR count). The second kappa shape index (κ2) is 12.1. The zero-order valence-electron chi connectivity index (χ0n) is 20.9. The van der Waals surface area contributed by atoms with Crippen molar-refractivity contribution in [1.29, 1.82) is 0 Å². The standard InChI is InChI=1S/C24H29NO12/c1-5-31-18(26)11-16(12-19(27)32-6-2)34-23-21-20(36-24(3,4)37-21)17(35-23)13-33-22(28)14-7-9-15(10-8-14)25(29)30/h7-11,17,20-21,23H,5-6,12-13H2,1-4H3/t17-,20-,21-,23+/m1/s1. The average Bonchev–Trinajstić information content (AvgIpc) is 3.30. The van der Waals surface area contributed by atoms with Crippen molar-refractivity contribution in [2.75, 3.05) is 19.8 Å². The molecule has 0 aromatic heterocycles. The summed E-state index contributed by atoms with van der Waals surface area (Å²) in [7, 11) is 0. The first-order valence-corrected chi connectivity index (χ1v) is 11.6. The molecular formula is C24H29NO12. The number of nitro groups is 1. The molecule has 0 N–H and O–H groups in total. The van der Waals surface area contributed by atoms with E-state index in [4.69, 9.17) is 33.2 Å². The molecule has 13 heteroatoms. The van der Waals surface area contributed by atoms with Crippen molar-refractivity contribution in [2.24, 2.45) is 0 Å². The Morgan fingerprint density at radius 2 is 1.68 bits per heavy atom. The summed E-state index contributed by atoms with van der Waals surface area (Å²) in [6.07, 6.45) is -2.72. The molecule has 0 saturated carbocycles. The Balaban J connectivity index is 1.71. The van der Waals surface area contributed by atoms with Crippen LogP contribution in [0, 0.1) is 10.1 Å². The Morgan fingerprint density at radius 1 is 1.03 bits per heavy atom. The molecule has 13 nitrogen and oxygen atoms in total. The van der Waals surface area contributed by atoms with E-state index in [9.17, 15) is 24.5 Å². The minimum absolute atomic E-state index is 0.0579. The van der Waals surface area contributed by atoms with Crippen LogP contribution in [0.1, 0.15) is 44.5 Å². The van der Waals surface area contributed by atoms with Crippen LogP contribution in [0.3, 0.4) is 0 Å².